The van der Waals surface area contributed by atoms with Gasteiger partial charge in [-0.3, -0.25) is 9.78 Å². The molecule has 4 rings (SSSR count). The summed E-state index contributed by atoms with van der Waals surface area (Å²) in [5.41, 5.74) is 10.2. The van der Waals surface area contributed by atoms with E-state index in [1.165, 1.54) is 0 Å². The summed E-state index contributed by atoms with van der Waals surface area (Å²) in [6.45, 7) is 8.55. The molecular formula is C21H24N6O. The van der Waals surface area contributed by atoms with E-state index in [2.05, 4.69) is 19.9 Å². The lowest BCUT2D eigenvalue weighted by Gasteiger charge is -2.35. The minimum atomic E-state index is 0.0548. The summed E-state index contributed by atoms with van der Waals surface area (Å²) in [6, 6.07) is 9.87. The van der Waals surface area contributed by atoms with Gasteiger partial charge >= 0.3 is 0 Å². The van der Waals surface area contributed by atoms with E-state index in [0.29, 0.717) is 26.2 Å². The van der Waals surface area contributed by atoms with E-state index in [9.17, 15) is 4.79 Å². The molecule has 0 aliphatic carbocycles. The number of piperazine rings is 1. The van der Waals surface area contributed by atoms with Crippen LogP contribution in [0.4, 0.5) is 11.8 Å². The van der Waals surface area contributed by atoms with Gasteiger partial charge in [0.25, 0.3) is 5.91 Å². The summed E-state index contributed by atoms with van der Waals surface area (Å²) in [5, 5.41) is 0.914. The van der Waals surface area contributed by atoms with Crippen molar-refractivity contribution in [2.24, 2.45) is 0 Å². The molecule has 3 aromatic rings. The molecule has 0 bridgehead atoms. The maximum absolute atomic E-state index is 13.3. The van der Waals surface area contributed by atoms with Crippen LogP contribution < -0.4 is 10.6 Å². The molecule has 1 saturated heterocycles. The average molecular weight is 376 g/mol. The van der Waals surface area contributed by atoms with E-state index >= 15 is 0 Å². The van der Waals surface area contributed by atoms with Crippen LogP contribution in [-0.2, 0) is 0 Å². The summed E-state index contributed by atoms with van der Waals surface area (Å²) >= 11 is 0. The second kappa shape index (κ2) is 7.07. The second-order valence-corrected chi connectivity index (χ2v) is 7.34. The van der Waals surface area contributed by atoms with E-state index in [4.69, 9.17) is 5.73 Å². The van der Waals surface area contributed by atoms with Gasteiger partial charge in [0.1, 0.15) is 5.82 Å². The number of carbonyl (C=O) groups excluding carboxylic acids is 1. The van der Waals surface area contributed by atoms with Crippen molar-refractivity contribution in [3.05, 3.63) is 52.8 Å². The largest absolute Gasteiger partial charge is 0.368 e. The number of aromatic nitrogens is 3. The van der Waals surface area contributed by atoms with Gasteiger partial charge in [-0.15, -0.1) is 0 Å². The van der Waals surface area contributed by atoms with Crippen LogP contribution in [0.2, 0.25) is 0 Å². The molecule has 0 atom stereocenters. The zero-order valence-electron chi connectivity index (χ0n) is 16.4. The summed E-state index contributed by atoms with van der Waals surface area (Å²) < 4.78 is 0. The van der Waals surface area contributed by atoms with Crippen LogP contribution in [-0.4, -0.2) is 51.9 Å². The molecular weight excluding hydrogens is 352 g/mol. The first-order chi connectivity index (χ1) is 13.4. The standard InChI is InChI=1S/C21H24N6O/c1-13-4-5-18-16(10-13)17(11-14(2)23-18)20(28)27-8-6-26(7-9-27)19-12-15(3)24-21(22)25-19/h4-5,10-12H,6-9H2,1-3H3,(H2,22,24,25). The highest BCUT2D eigenvalue weighted by Crippen LogP contribution is 2.23. The van der Waals surface area contributed by atoms with Crippen molar-refractivity contribution in [2.75, 3.05) is 36.8 Å². The molecule has 1 aliphatic heterocycles. The minimum absolute atomic E-state index is 0.0548. The minimum Gasteiger partial charge on any atom is -0.368 e. The molecule has 7 heteroatoms. The molecule has 3 heterocycles. The fourth-order valence-electron chi connectivity index (χ4n) is 3.69. The molecule has 0 spiro atoms. The number of hydrogen-bond donors (Lipinski definition) is 1. The Labute approximate surface area is 164 Å². The second-order valence-electron chi connectivity index (χ2n) is 7.34. The number of aryl methyl sites for hydroxylation is 3. The van der Waals surface area contributed by atoms with Gasteiger partial charge in [-0.05, 0) is 39.0 Å². The summed E-state index contributed by atoms with van der Waals surface area (Å²) in [5.74, 6) is 1.15. The Hall–Kier alpha value is -3.22. The van der Waals surface area contributed by atoms with Gasteiger partial charge in [0.2, 0.25) is 5.95 Å². The van der Waals surface area contributed by atoms with Crippen molar-refractivity contribution < 1.29 is 4.79 Å². The molecule has 2 N–H and O–H groups in total. The van der Waals surface area contributed by atoms with Gasteiger partial charge in [0.15, 0.2) is 0 Å². The summed E-state index contributed by atoms with van der Waals surface area (Å²) in [4.78, 5) is 30.3. The Bertz CT molecular complexity index is 1040. The SMILES string of the molecule is Cc1ccc2nc(C)cc(C(=O)N3CCN(c4cc(C)nc(N)n4)CC3)c2c1. The average Bonchev–Trinajstić information content (AvgIpc) is 2.66. The van der Waals surface area contributed by atoms with E-state index in [1.807, 2.05) is 56.0 Å². The van der Waals surface area contributed by atoms with Crippen molar-refractivity contribution in [2.45, 2.75) is 20.8 Å². The Morgan fingerprint density at radius 1 is 0.929 bits per heavy atom. The lowest BCUT2D eigenvalue weighted by molar-refractivity contribution is 0.0748. The zero-order chi connectivity index (χ0) is 19.8. The molecule has 0 unspecified atom stereocenters. The monoisotopic (exact) mass is 376 g/mol. The molecule has 28 heavy (non-hydrogen) atoms. The number of nitrogen functional groups attached to an aromatic ring is 1. The lowest BCUT2D eigenvalue weighted by Crippen LogP contribution is -2.49. The number of anilines is 2. The fraction of sp³-hybridized carbons (Fsp3) is 0.333. The highest BCUT2D eigenvalue weighted by molar-refractivity contribution is 6.06. The molecule has 1 aliphatic rings. The maximum Gasteiger partial charge on any atom is 0.254 e. The Balaban J connectivity index is 1.56. The van der Waals surface area contributed by atoms with Crippen LogP contribution >= 0.6 is 0 Å². The number of hydrogen-bond acceptors (Lipinski definition) is 6. The molecule has 1 fully saturated rings. The van der Waals surface area contributed by atoms with Gasteiger partial charge in [0.05, 0.1) is 11.1 Å². The number of carbonyl (C=O) groups is 1. The van der Waals surface area contributed by atoms with E-state index in [1.54, 1.807) is 0 Å². The molecule has 1 aromatic carbocycles. The zero-order valence-corrected chi connectivity index (χ0v) is 16.4. The number of nitrogens with two attached hydrogens (primary N) is 1. The van der Waals surface area contributed by atoms with Crippen molar-refractivity contribution >= 4 is 28.6 Å². The van der Waals surface area contributed by atoms with E-state index in [-0.39, 0.29) is 11.9 Å². The third-order valence-corrected chi connectivity index (χ3v) is 5.07. The van der Waals surface area contributed by atoms with Crippen LogP contribution in [0.3, 0.4) is 0 Å². The van der Waals surface area contributed by atoms with Gasteiger partial charge in [-0.1, -0.05) is 11.6 Å². The van der Waals surface area contributed by atoms with Gasteiger partial charge in [-0.25, -0.2) is 4.98 Å². The number of benzene rings is 1. The van der Waals surface area contributed by atoms with Crippen LogP contribution in [0, 0.1) is 20.8 Å². The first-order valence-corrected chi connectivity index (χ1v) is 9.44. The number of amides is 1. The predicted octanol–water partition coefficient (Wildman–Crippen LogP) is 2.49. The highest BCUT2D eigenvalue weighted by Gasteiger charge is 2.25. The van der Waals surface area contributed by atoms with E-state index in [0.717, 1.165) is 39.2 Å². The number of nitrogens with zero attached hydrogens (tertiary/aromatic N) is 5. The van der Waals surface area contributed by atoms with Gasteiger partial charge < -0.3 is 15.5 Å². The van der Waals surface area contributed by atoms with E-state index < -0.39 is 0 Å². The molecule has 2 aromatic heterocycles. The third kappa shape index (κ3) is 3.47. The van der Waals surface area contributed by atoms with Crippen molar-refractivity contribution in [3.8, 4) is 0 Å². The van der Waals surface area contributed by atoms with Gasteiger partial charge in [0, 0.05) is 49.0 Å². The Morgan fingerprint density at radius 2 is 1.64 bits per heavy atom. The lowest BCUT2D eigenvalue weighted by atomic mass is 10.0. The van der Waals surface area contributed by atoms with Crippen LogP contribution in [0.25, 0.3) is 10.9 Å². The smallest absolute Gasteiger partial charge is 0.254 e. The van der Waals surface area contributed by atoms with Crippen LogP contribution in [0.1, 0.15) is 27.3 Å². The van der Waals surface area contributed by atoms with Crippen molar-refractivity contribution in [1.29, 1.82) is 0 Å². The molecule has 0 saturated carbocycles. The van der Waals surface area contributed by atoms with Crippen molar-refractivity contribution in [3.63, 3.8) is 0 Å². The summed E-state index contributed by atoms with van der Waals surface area (Å²) in [6.07, 6.45) is 0. The Kier molecular flexibility index (Phi) is 4.58. The fourth-order valence-corrected chi connectivity index (χ4v) is 3.69. The quantitative estimate of drug-likeness (QED) is 0.739. The molecule has 0 radical (unpaired) electrons. The number of fused-ring (bicyclic) bond motifs is 1. The molecule has 144 valence electrons. The summed E-state index contributed by atoms with van der Waals surface area (Å²) in [7, 11) is 0. The first-order valence-electron chi connectivity index (χ1n) is 9.44. The normalized spacial score (nSPS) is 14.5. The van der Waals surface area contributed by atoms with Gasteiger partial charge in [-0.2, -0.15) is 4.98 Å². The topological polar surface area (TPSA) is 88.2 Å². The Morgan fingerprint density at radius 3 is 2.36 bits per heavy atom. The maximum atomic E-state index is 13.3. The molecule has 1 amide bonds. The molecule has 7 nitrogen and oxygen atoms in total. The third-order valence-electron chi connectivity index (χ3n) is 5.07. The van der Waals surface area contributed by atoms with Crippen LogP contribution in [0.15, 0.2) is 30.3 Å². The highest BCUT2D eigenvalue weighted by atomic mass is 16.2. The van der Waals surface area contributed by atoms with Crippen LogP contribution in [0.5, 0.6) is 0 Å². The van der Waals surface area contributed by atoms with Crippen molar-refractivity contribution in [1.82, 2.24) is 19.9 Å². The number of pyridine rings is 1. The predicted molar refractivity (Wildman–Crippen MR) is 111 cm³/mol. The first kappa shape index (κ1) is 18.2. The number of rotatable bonds is 2.